The highest BCUT2D eigenvalue weighted by Gasteiger charge is 2.33. The van der Waals surface area contributed by atoms with Gasteiger partial charge in [0, 0.05) is 19.8 Å². The number of thiazole rings is 1. The Kier molecular flexibility index (Phi) is 6.20. The first-order valence-electron chi connectivity index (χ1n) is 10.6. The molecule has 0 saturated heterocycles. The number of esters is 1. The molecule has 1 atom stereocenters. The molecule has 0 bridgehead atoms. The summed E-state index contributed by atoms with van der Waals surface area (Å²) >= 11 is 1.27. The molecule has 1 aromatic heterocycles. The summed E-state index contributed by atoms with van der Waals surface area (Å²) < 4.78 is 7.39. The molecule has 7 nitrogen and oxygen atoms in total. The molecule has 0 saturated carbocycles. The molecule has 0 amide bonds. The Morgan fingerprint density at radius 2 is 1.85 bits per heavy atom. The number of aromatic hydroxyl groups is 1. The first-order valence-corrected chi connectivity index (χ1v) is 11.4. The molecule has 4 rings (SSSR count). The number of aromatic nitrogens is 1. The third kappa shape index (κ3) is 4.34. The SMILES string of the molecule is CCOC(=O)C1=C(C)N=c2s/c(=C\c3ccc(O)cc3)c(=O)n2C1c1ccc(N(C)C)cc1. The maximum absolute atomic E-state index is 13.5. The Balaban J connectivity index is 1.92. The monoisotopic (exact) mass is 463 g/mol. The van der Waals surface area contributed by atoms with Gasteiger partial charge in [-0.25, -0.2) is 9.79 Å². The van der Waals surface area contributed by atoms with Gasteiger partial charge in [-0.3, -0.25) is 9.36 Å². The fraction of sp³-hybridized carbons (Fsp3) is 0.240. The molecule has 170 valence electrons. The summed E-state index contributed by atoms with van der Waals surface area (Å²) in [5, 5.41) is 9.53. The zero-order chi connectivity index (χ0) is 23.7. The number of carbonyl (C=O) groups excluding carboxylic acids is 1. The molecule has 33 heavy (non-hydrogen) atoms. The molecule has 0 fully saturated rings. The first kappa shape index (κ1) is 22.5. The van der Waals surface area contributed by atoms with Crippen LogP contribution in [0.1, 0.15) is 31.0 Å². The van der Waals surface area contributed by atoms with Crippen LogP contribution < -0.4 is 19.8 Å². The van der Waals surface area contributed by atoms with Crippen LogP contribution in [0.25, 0.3) is 6.08 Å². The summed E-state index contributed by atoms with van der Waals surface area (Å²) in [4.78, 5) is 33.5. The summed E-state index contributed by atoms with van der Waals surface area (Å²) in [6.45, 7) is 3.75. The van der Waals surface area contributed by atoms with Crippen LogP contribution in [-0.4, -0.2) is 36.3 Å². The summed E-state index contributed by atoms with van der Waals surface area (Å²) in [7, 11) is 3.91. The number of phenolic OH excluding ortho intramolecular Hbond substituents is 1. The van der Waals surface area contributed by atoms with Gasteiger partial charge in [0.05, 0.1) is 28.5 Å². The first-order chi connectivity index (χ1) is 15.8. The van der Waals surface area contributed by atoms with Crippen LogP contribution in [0, 0.1) is 0 Å². The average molecular weight is 464 g/mol. The third-order valence-corrected chi connectivity index (χ3v) is 6.42. The molecule has 1 unspecified atom stereocenters. The minimum atomic E-state index is -0.640. The lowest BCUT2D eigenvalue weighted by molar-refractivity contribution is -0.139. The molecule has 0 spiro atoms. The van der Waals surface area contributed by atoms with E-state index in [0.29, 0.717) is 20.6 Å². The number of anilines is 1. The highest BCUT2D eigenvalue weighted by atomic mass is 32.1. The fourth-order valence-corrected chi connectivity index (χ4v) is 4.83. The van der Waals surface area contributed by atoms with Crippen molar-refractivity contribution >= 4 is 29.1 Å². The van der Waals surface area contributed by atoms with E-state index in [-0.39, 0.29) is 17.9 Å². The summed E-state index contributed by atoms with van der Waals surface area (Å²) in [5.74, 6) is -0.322. The van der Waals surface area contributed by atoms with E-state index >= 15 is 0 Å². The number of hydrogen-bond acceptors (Lipinski definition) is 7. The standard InChI is InChI=1S/C25H25N3O4S/c1-5-32-24(31)21-15(2)26-25-28(22(21)17-8-10-18(11-9-17)27(3)4)23(30)20(33-25)14-16-6-12-19(29)13-7-16/h6-14,22,29H,5H2,1-4H3/b20-14-. The van der Waals surface area contributed by atoms with Crippen molar-refractivity contribution in [1.82, 2.24) is 4.57 Å². The van der Waals surface area contributed by atoms with Gasteiger partial charge >= 0.3 is 5.97 Å². The topological polar surface area (TPSA) is 84.1 Å². The quantitative estimate of drug-likeness (QED) is 0.588. The number of nitrogens with zero attached hydrogens (tertiary/aromatic N) is 3. The van der Waals surface area contributed by atoms with Gasteiger partial charge in [0.1, 0.15) is 5.75 Å². The highest BCUT2D eigenvalue weighted by molar-refractivity contribution is 7.07. The Morgan fingerprint density at radius 3 is 2.45 bits per heavy atom. The molecule has 1 aliphatic heterocycles. The number of ether oxygens (including phenoxy) is 1. The number of carbonyl (C=O) groups is 1. The van der Waals surface area contributed by atoms with Gasteiger partial charge in [0.15, 0.2) is 4.80 Å². The van der Waals surface area contributed by atoms with E-state index in [1.54, 1.807) is 48.8 Å². The predicted molar refractivity (Wildman–Crippen MR) is 129 cm³/mol. The zero-order valence-electron chi connectivity index (χ0n) is 18.9. The number of allylic oxidation sites excluding steroid dienone is 1. The summed E-state index contributed by atoms with van der Waals surface area (Å²) in [5.41, 5.74) is 3.26. The molecule has 2 heterocycles. The van der Waals surface area contributed by atoms with Crippen molar-refractivity contribution < 1.29 is 14.6 Å². The minimum Gasteiger partial charge on any atom is -0.508 e. The van der Waals surface area contributed by atoms with Crippen LogP contribution in [0.4, 0.5) is 5.69 Å². The number of hydrogen-bond donors (Lipinski definition) is 1. The number of fused-ring (bicyclic) bond motifs is 1. The smallest absolute Gasteiger partial charge is 0.338 e. The lowest BCUT2D eigenvalue weighted by Crippen LogP contribution is -2.39. The lowest BCUT2D eigenvalue weighted by atomic mass is 9.95. The van der Waals surface area contributed by atoms with Crippen molar-refractivity contribution in [2.24, 2.45) is 4.99 Å². The van der Waals surface area contributed by atoms with Crippen molar-refractivity contribution in [2.45, 2.75) is 19.9 Å². The lowest BCUT2D eigenvalue weighted by Gasteiger charge is -2.25. The fourth-order valence-electron chi connectivity index (χ4n) is 3.78. The van der Waals surface area contributed by atoms with E-state index in [1.807, 2.05) is 43.3 Å². The van der Waals surface area contributed by atoms with Crippen LogP contribution in [0.15, 0.2) is 69.6 Å². The number of benzene rings is 2. The van der Waals surface area contributed by atoms with Crippen molar-refractivity contribution in [3.05, 3.63) is 90.6 Å². The highest BCUT2D eigenvalue weighted by Crippen LogP contribution is 2.31. The van der Waals surface area contributed by atoms with E-state index in [9.17, 15) is 14.7 Å². The molecule has 0 aliphatic carbocycles. The number of rotatable bonds is 5. The molecule has 8 heteroatoms. The van der Waals surface area contributed by atoms with E-state index in [1.165, 1.54) is 11.3 Å². The Hall–Kier alpha value is -3.65. The summed E-state index contributed by atoms with van der Waals surface area (Å²) in [6.07, 6.45) is 1.76. The van der Waals surface area contributed by atoms with Crippen LogP contribution in [0.5, 0.6) is 5.75 Å². The van der Waals surface area contributed by atoms with Crippen LogP contribution in [0.3, 0.4) is 0 Å². The molecule has 1 aliphatic rings. The average Bonchev–Trinajstić information content (AvgIpc) is 3.09. The molecule has 0 radical (unpaired) electrons. The van der Waals surface area contributed by atoms with E-state index in [4.69, 9.17) is 4.74 Å². The summed E-state index contributed by atoms with van der Waals surface area (Å²) in [6, 6.07) is 13.7. The molecule has 1 N–H and O–H groups in total. The molecular formula is C25H25N3O4S. The van der Waals surface area contributed by atoms with Crippen molar-refractivity contribution in [1.29, 1.82) is 0 Å². The van der Waals surface area contributed by atoms with Crippen molar-refractivity contribution in [2.75, 3.05) is 25.6 Å². The van der Waals surface area contributed by atoms with E-state index in [0.717, 1.165) is 16.8 Å². The largest absolute Gasteiger partial charge is 0.508 e. The van der Waals surface area contributed by atoms with Gasteiger partial charge in [-0.05, 0) is 55.3 Å². The normalized spacial score (nSPS) is 15.8. The predicted octanol–water partition coefficient (Wildman–Crippen LogP) is 2.57. The van der Waals surface area contributed by atoms with E-state index in [2.05, 4.69) is 4.99 Å². The van der Waals surface area contributed by atoms with Gasteiger partial charge < -0.3 is 14.7 Å². The maximum Gasteiger partial charge on any atom is 0.338 e. The second-order valence-corrected chi connectivity index (χ2v) is 8.89. The Bertz CT molecular complexity index is 1400. The Labute approximate surface area is 195 Å². The van der Waals surface area contributed by atoms with Crippen LogP contribution >= 0.6 is 11.3 Å². The van der Waals surface area contributed by atoms with Gasteiger partial charge in [-0.15, -0.1) is 0 Å². The third-order valence-electron chi connectivity index (χ3n) is 5.43. The van der Waals surface area contributed by atoms with Gasteiger partial charge in [0.25, 0.3) is 5.56 Å². The second-order valence-electron chi connectivity index (χ2n) is 7.88. The van der Waals surface area contributed by atoms with Gasteiger partial charge in [0.2, 0.25) is 0 Å². The van der Waals surface area contributed by atoms with Gasteiger partial charge in [-0.2, -0.15) is 0 Å². The van der Waals surface area contributed by atoms with E-state index < -0.39 is 12.0 Å². The van der Waals surface area contributed by atoms with Crippen molar-refractivity contribution in [3.63, 3.8) is 0 Å². The number of phenols is 1. The Morgan fingerprint density at radius 1 is 1.18 bits per heavy atom. The van der Waals surface area contributed by atoms with Crippen molar-refractivity contribution in [3.8, 4) is 5.75 Å². The van der Waals surface area contributed by atoms with Crippen LogP contribution in [-0.2, 0) is 9.53 Å². The minimum absolute atomic E-state index is 0.157. The van der Waals surface area contributed by atoms with Crippen LogP contribution in [0.2, 0.25) is 0 Å². The molecule has 2 aromatic carbocycles. The maximum atomic E-state index is 13.5. The molecule has 3 aromatic rings. The second kappa shape index (κ2) is 9.07. The van der Waals surface area contributed by atoms with Gasteiger partial charge in [-0.1, -0.05) is 35.6 Å². The molecular weight excluding hydrogens is 438 g/mol. The zero-order valence-corrected chi connectivity index (χ0v) is 19.7.